The van der Waals surface area contributed by atoms with Gasteiger partial charge in [0.05, 0.1) is 32.3 Å². The van der Waals surface area contributed by atoms with Gasteiger partial charge < -0.3 is 33.6 Å². The van der Waals surface area contributed by atoms with E-state index in [1.807, 2.05) is 0 Å². The first kappa shape index (κ1) is 10.7. The van der Waals surface area contributed by atoms with E-state index in [0.29, 0.717) is 0 Å². The van der Waals surface area contributed by atoms with Gasteiger partial charge in [-0.2, -0.15) is 0 Å². The zero-order valence-corrected chi connectivity index (χ0v) is 9.99. The fraction of sp³-hybridized carbons (Fsp3) is 1.00. The van der Waals surface area contributed by atoms with E-state index >= 15 is 0 Å². The highest BCUT2D eigenvalue weighted by Crippen LogP contribution is 2.39. The molecule has 0 aliphatic carbocycles. The topological polar surface area (TPSA) is 20.2 Å². The summed E-state index contributed by atoms with van der Waals surface area (Å²) in [5.74, 6) is 0. The fourth-order valence-electron chi connectivity index (χ4n) is 2.85. The third-order valence-electron chi connectivity index (χ3n) is 3.80. The molecule has 0 aromatic heterocycles. The van der Waals surface area contributed by atoms with Crippen molar-refractivity contribution in [3.63, 3.8) is 0 Å². The Morgan fingerprint density at radius 2 is 1.50 bits per heavy atom. The lowest BCUT2D eigenvalue weighted by Gasteiger charge is -2.42. The minimum absolute atomic E-state index is 0. The van der Waals surface area contributed by atoms with Gasteiger partial charge in [-0.1, -0.05) is 0 Å². The summed E-state index contributed by atoms with van der Waals surface area (Å²) >= 11 is 0. The Kier molecular flexibility index (Phi) is 3.06. The molecule has 2 saturated heterocycles. The normalized spacial score (nSPS) is 43.8. The van der Waals surface area contributed by atoms with Crippen molar-refractivity contribution < 1.29 is 33.6 Å². The second-order valence-electron chi connectivity index (χ2n) is 4.64. The van der Waals surface area contributed by atoms with Crippen LogP contribution in [-0.2, 0) is 0 Å². The van der Waals surface area contributed by atoms with Gasteiger partial charge in [0.25, 0.3) is 0 Å². The molecule has 2 bridgehead atoms. The van der Waals surface area contributed by atoms with Gasteiger partial charge in [0.15, 0.2) is 0 Å². The minimum atomic E-state index is -0.00125. The second-order valence-corrected chi connectivity index (χ2v) is 4.64. The van der Waals surface area contributed by atoms with E-state index in [1.54, 1.807) is 0 Å². The predicted molar refractivity (Wildman–Crippen MR) is 44.2 cm³/mol. The maximum absolute atomic E-state index is 9.51. The molecule has 0 aromatic rings. The summed E-state index contributed by atoms with van der Waals surface area (Å²) in [6.45, 7) is 0. The Labute approximate surface area is 91.6 Å². The van der Waals surface area contributed by atoms with Crippen LogP contribution in [0, 0.1) is 0 Å². The lowest BCUT2D eigenvalue weighted by atomic mass is 9.98. The number of rotatable bonds is 0. The van der Waals surface area contributed by atoms with Crippen LogP contribution in [-0.4, -0.2) is 41.9 Å². The van der Waals surface area contributed by atoms with E-state index < -0.39 is 0 Å². The van der Waals surface area contributed by atoms with Gasteiger partial charge in [-0.05, 0) is 0 Å². The molecule has 2 heterocycles. The molecular formula is C9H18INO. The molecule has 12 heavy (non-hydrogen) atoms. The highest BCUT2D eigenvalue weighted by molar-refractivity contribution is 4.84. The van der Waals surface area contributed by atoms with Gasteiger partial charge in [-0.15, -0.1) is 0 Å². The maximum atomic E-state index is 9.51. The Bertz CT molecular complexity index is 156. The number of nitrogens with zero attached hydrogens (tertiary/aromatic N) is 1. The van der Waals surface area contributed by atoms with Crippen molar-refractivity contribution in [3.8, 4) is 0 Å². The molecule has 0 aromatic carbocycles. The highest BCUT2D eigenvalue weighted by atomic mass is 127. The second kappa shape index (κ2) is 3.42. The van der Waals surface area contributed by atoms with Gasteiger partial charge in [-0.25, -0.2) is 0 Å². The zero-order valence-electron chi connectivity index (χ0n) is 7.83. The van der Waals surface area contributed by atoms with Crippen LogP contribution >= 0.6 is 0 Å². The monoisotopic (exact) mass is 283 g/mol. The van der Waals surface area contributed by atoms with Crippen LogP contribution in [0.4, 0.5) is 0 Å². The van der Waals surface area contributed by atoms with Crippen molar-refractivity contribution in [2.45, 2.75) is 43.9 Å². The quantitative estimate of drug-likeness (QED) is 0.393. The van der Waals surface area contributed by atoms with E-state index in [2.05, 4.69) is 14.1 Å². The summed E-state index contributed by atoms with van der Waals surface area (Å²) < 4.78 is 1.16. The smallest absolute Gasteiger partial charge is 0.0915 e. The highest BCUT2D eigenvalue weighted by Gasteiger charge is 2.48. The molecule has 0 amide bonds. The molecule has 0 radical (unpaired) electrons. The van der Waals surface area contributed by atoms with Gasteiger partial charge in [0.1, 0.15) is 0 Å². The van der Waals surface area contributed by atoms with Crippen LogP contribution in [0.15, 0.2) is 0 Å². The standard InChI is InChI=1S/C9H18NO.HI/c1-10(2)7-3-4-8(10)6-9(11)5-7;/h7-9,11H,3-6H2,1-2H3;1H/q+1;/p-1. The van der Waals surface area contributed by atoms with E-state index in [0.717, 1.165) is 29.4 Å². The van der Waals surface area contributed by atoms with Gasteiger partial charge in [0, 0.05) is 25.7 Å². The van der Waals surface area contributed by atoms with E-state index in [-0.39, 0.29) is 30.1 Å². The molecular weight excluding hydrogens is 265 g/mol. The fourth-order valence-corrected chi connectivity index (χ4v) is 2.85. The molecule has 0 spiro atoms. The van der Waals surface area contributed by atoms with Crippen LogP contribution in [0.25, 0.3) is 0 Å². The maximum Gasteiger partial charge on any atom is 0.0915 e. The van der Waals surface area contributed by atoms with E-state index in [9.17, 15) is 5.11 Å². The summed E-state index contributed by atoms with van der Waals surface area (Å²) in [6.07, 6.45) is 4.72. The molecule has 2 aliphatic heterocycles. The minimum Gasteiger partial charge on any atom is -1.00 e. The van der Waals surface area contributed by atoms with Crippen LogP contribution in [0.5, 0.6) is 0 Å². The van der Waals surface area contributed by atoms with Crippen molar-refractivity contribution in [2.24, 2.45) is 0 Å². The average Bonchev–Trinajstić information content (AvgIpc) is 2.19. The Balaban J connectivity index is 0.000000720. The molecule has 2 nitrogen and oxygen atoms in total. The van der Waals surface area contributed by atoms with Crippen molar-refractivity contribution in [1.82, 2.24) is 0 Å². The van der Waals surface area contributed by atoms with Gasteiger partial charge >= 0.3 is 0 Å². The van der Waals surface area contributed by atoms with Crippen molar-refractivity contribution in [1.29, 1.82) is 0 Å². The third-order valence-corrected chi connectivity index (χ3v) is 3.80. The number of aliphatic hydroxyl groups is 1. The molecule has 0 saturated carbocycles. The Hall–Kier alpha value is 0.650. The molecule has 2 rings (SSSR count). The van der Waals surface area contributed by atoms with Crippen molar-refractivity contribution >= 4 is 0 Å². The number of quaternary nitrogens is 1. The number of aliphatic hydroxyl groups excluding tert-OH is 1. The molecule has 2 atom stereocenters. The summed E-state index contributed by atoms with van der Waals surface area (Å²) in [4.78, 5) is 0. The summed E-state index contributed by atoms with van der Waals surface area (Å²) in [7, 11) is 4.63. The first-order valence-corrected chi connectivity index (χ1v) is 4.62. The summed E-state index contributed by atoms with van der Waals surface area (Å²) in [5.41, 5.74) is 0. The van der Waals surface area contributed by atoms with Crippen LogP contribution < -0.4 is 24.0 Å². The molecule has 2 aliphatic rings. The molecule has 72 valence electrons. The largest absolute Gasteiger partial charge is 1.00 e. The predicted octanol–water partition coefficient (Wildman–Crippen LogP) is -2.25. The SMILES string of the molecule is C[N+]1(C)C2CCC1CC(O)C2.[I-]. The number of hydrogen-bond donors (Lipinski definition) is 1. The summed E-state index contributed by atoms with van der Waals surface area (Å²) in [5, 5.41) is 9.51. The number of fused-ring (bicyclic) bond motifs is 2. The summed E-state index contributed by atoms with van der Waals surface area (Å²) in [6, 6.07) is 1.48. The molecule has 2 fully saturated rings. The van der Waals surface area contributed by atoms with Crippen LogP contribution in [0.2, 0.25) is 0 Å². The van der Waals surface area contributed by atoms with E-state index in [4.69, 9.17) is 0 Å². The molecule has 3 heteroatoms. The first-order valence-electron chi connectivity index (χ1n) is 4.62. The van der Waals surface area contributed by atoms with Crippen LogP contribution in [0.1, 0.15) is 25.7 Å². The third kappa shape index (κ3) is 1.51. The molecule has 2 unspecified atom stereocenters. The lowest BCUT2D eigenvalue weighted by molar-refractivity contribution is -0.931. The van der Waals surface area contributed by atoms with Crippen LogP contribution in [0.3, 0.4) is 0 Å². The van der Waals surface area contributed by atoms with Crippen molar-refractivity contribution in [2.75, 3.05) is 14.1 Å². The zero-order chi connectivity index (χ0) is 8.06. The molecule has 1 N–H and O–H groups in total. The first-order chi connectivity index (χ1) is 5.10. The number of halogens is 1. The Morgan fingerprint density at radius 1 is 1.08 bits per heavy atom. The average molecular weight is 283 g/mol. The lowest BCUT2D eigenvalue weighted by Crippen LogP contribution is -3.00. The van der Waals surface area contributed by atoms with Crippen molar-refractivity contribution in [3.05, 3.63) is 0 Å². The Morgan fingerprint density at radius 3 is 1.92 bits per heavy atom. The number of piperidine rings is 1. The van der Waals surface area contributed by atoms with Gasteiger partial charge in [0.2, 0.25) is 0 Å². The van der Waals surface area contributed by atoms with E-state index in [1.165, 1.54) is 12.8 Å². The number of hydrogen-bond acceptors (Lipinski definition) is 1. The van der Waals surface area contributed by atoms with Gasteiger partial charge in [-0.3, -0.25) is 0 Å².